The molecule has 14 heavy (non-hydrogen) atoms. The number of amides is 1. The zero-order chi connectivity index (χ0) is 10.1. The van der Waals surface area contributed by atoms with Gasteiger partial charge in [-0.15, -0.1) is 0 Å². The molecule has 0 saturated heterocycles. The van der Waals surface area contributed by atoms with Crippen LogP contribution in [0.15, 0.2) is 23.2 Å². The Labute approximate surface area is 92.9 Å². The van der Waals surface area contributed by atoms with Gasteiger partial charge in [-0.1, -0.05) is 32.3 Å². The number of carbonyl (C=O) groups is 1. The predicted molar refractivity (Wildman–Crippen MR) is 61.0 cm³/mol. The van der Waals surface area contributed by atoms with Gasteiger partial charge in [-0.25, -0.2) is 4.99 Å². The second-order valence-corrected chi connectivity index (χ2v) is 5.34. The molecule has 2 aromatic rings. The van der Waals surface area contributed by atoms with Crippen LogP contribution in [0.3, 0.4) is 0 Å². The Morgan fingerprint density at radius 3 is 2.93 bits per heavy atom. The van der Waals surface area contributed by atoms with E-state index in [1.807, 2.05) is 18.2 Å². The van der Waals surface area contributed by atoms with E-state index in [4.69, 9.17) is 11.6 Å². The summed E-state index contributed by atoms with van der Waals surface area (Å²) in [7, 11) is 3.10. The molecule has 0 atom stereocenters. The molecular formula is C9H6ClNOS2. The van der Waals surface area contributed by atoms with E-state index in [0.717, 1.165) is 14.8 Å². The first-order chi connectivity index (χ1) is 6.66. The van der Waals surface area contributed by atoms with E-state index < -0.39 is 0 Å². The molecule has 2 rings (SSSR count). The Balaban J connectivity index is 2.79. The second kappa shape index (κ2) is 3.81. The maximum absolute atomic E-state index is 10.9. The van der Waals surface area contributed by atoms with Crippen LogP contribution in [0, 0.1) is 0 Å². The molecule has 2 nitrogen and oxygen atoms in total. The third-order valence-corrected chi connectivity index (χ3v) is 4.23. The fraction of sp³-hybridized carbons (Fsp3) is 0.111. The highest BCUT2D eigenvalue weighted by Crippen LogP contribution is 2.23. The molecule has 0 aliphatic rings. The summed E-state index contributed by atoms with van der Waals surface area (Å²) in [5.74, 6) is -0.180. The maximum Gasteiger partial charge on any atom is 0.243 e. The summed E-state index contributed by atoms with van der Waals surface area (Å²) < 4.78 is 1.86. The van der Waals surface area contributed by atoms with Gasteiger partial charge in [-0.05, 0) is 18.2 Å². The van der Waals surface area contributed by atoms with Crippen LogP contribution < -0.4 is 4.67 Å². The van der Waals surface area contributed by atoms with E-state index in [-0.39, 0.29) is 5.91 Å². The molecule has 0 spiro atoms. The van der Waals surface area contributed by atoms with Crippen molar-refractivity contribution in [1.82, 2.24) is 0 Å². The van der Waals surface area contributed by atoms with Crippen LogP contribution in [0.1, 0.15) is 6.92 Å². The van der Waals surface area contributed by atoms with Gasteiger partial charge < -0.3 is 0 Å². The average Bonchev–Trinajstić information content (AvgIpc) is 2.47. The van der Waals surface area contributed by atoms with Crippen LogP contribution >= 0.6 is 32.3 Å². The average molecular weight is 244 g/mol. The summed E-state index contributed by atoms with van der Waals surface area (Å²) in [5.41, 5.74) is 0. The van der Waals surface area contributed by atoms with Crippen molar-refractivity contribution < 1.29 is 4.79 Å². The highest BCUT2D eigenvalue weighted by Gasteiger charge is 2.01. The first-order valence-electron chi connectivity index (χ1n) is 3.90. The van der Waals surface area contributed by atoms with Crippen molar-refractivity contribution in [2.24, 2.45) is 4.99 Å². The van der Waals surface area contributed by atoms with E-state index in [2.05, 4.69) is 4.99 Å². The van der Waals surface area contributed by atoms with Crippen molar-refractivity contribution in [2.75, 3.05) is 0 Å². The Morgan fingerprint density at radius 1 is 1.43 bits per heavy atom. The van der Waals surface area contributed by atoms with E-state index in [1.165, 1.54) is 17.3 Å². The Hall–Kier alpha value is -0.710. The molecule has 1 aromatic carbocycles. The van der Waals surface area contributed by atoms with Crippen LogP contribution in [0.5, 0.6) is 0 Å². The van der Waals surface area contributed by atoms with Crippen LogP contribution in [0.2, 0.25) is 5.02 Å². The lowest BCUT2D eigenvalue weighted by molar-refractivity contribution is -0.115. The van der Waals surface area contributed by atoms with Crippen molar-refractivity contribution >= 4 is 48.3 Å². The van der Waals surface area contributed by atoms with Crippen molar-refractivity contribution in [3.05, 3.63) is 27.9 Å². The lowest BCUT2D eigenvalue weighted by Gasteiger charge is -1.88. The van der Waals surface area contributed by atoms with Gasteiger partial charge in [0.2, 0.25) is 5.91 Å². The van der Waals surface area contributed by atoms with Crippen LogP contribution in [0.4, 0.5) is 0 Å². The molecule has 1 amide bonds. The number of hydrogen-bond donors (Lipinski definition) is 0. The molecule has 0 bridgehead atoms. The van der Waals surface area contributed by atoms with Gasteiger partial charge in [0.15, 0.2) is 0 Å². The van der Waals surface area contributed by atoms with Crippen molar-refractivity contribution in [3.63, 3.8) is 0 Å². The molecule has 0 aliphatic carbocycles. The Kier molecular flexibility index (Phi) is 2.67. The highest BCUT2D eigenvalue weighted by atomic mass is 35.5. The lowest BCUT2D eigenvalue weighted by Crippen LogP contribution is -1.97. The van der Waals surface area contributed by atoms with Crippen molar-refractivity contribution in [1.29, 1.82) is 0 Å². The monoisotopic (exact) mass is 243 g/mol. The van der Waals surface area contributed by atoms with Gasteiger partial charge in [0.25, 0.3) is 0 Å². The molecule has 0 saturated carbocycles. The molecule has 0 radical (unpaired) electrons. The van der Waals surface area contributed by atoms with Gasteiger partial charge >= 0.3 is 0 Å². The fourth-order valence-electron chi connectivity index (χ4n) is 1.09. The van der Waals surface area contributed by atoms with E-state index in [0.29, 0.717) is 5.02 Å². The number of benzene rings is 1. The summed E-state index contributed by atoms with van der Waals surface area (Å²) in [6, 6.07) is 5.62. The second-order valence-electron chi connectivity index (χ2n) is 2.74. The zero-order valence-corrected chi connectivity index (χ0v) is 9.67. The lowest BCUT2D eigenvalue weighted by atomic mass is 10.3. The quantitative estimate of drug-likeness (QED) is 0.654. The molecule has 0 N–H and O–H groups in total. The molecule has 1 aromatic heterocycles. The van der Waals surface area contributed by atoms with Crippen LogP contribution in [0.25, 0.3) is 10.1 Å². The van der Waals surface area contributed by atoms with Crippen LogP contribution in [-0.4, -0.2) is 5.91 Å². The Bertz CT molecular complexity index is 555. The minimum absolute atomic E-state index is 0.180. The molecule has 72 valence electrons. The number of hydrogen-bond acceptors (Lipinski definition) is 3. The first-order valence-corrected chi connectivity index (χ1v) is 6.43. The van der Waals surface area contributed by atoms with Crippen molar-refractivity contribution in [2.45, 2.75) is 6.92 Å². The normalized spacial score (nSPS) is 12.3. The standard InChI is InChI=1S/C9H6ClNOS2/c1-5(12)11-9-7-4-6(10)2-3-8(7)13-14-9/h2-4H,1H3. The predicted octanol–water partition coefficient (Wildman–Crippen LogP) is 3.06. The summed E-state index contributed by atoms with van der Waals surface area (Å²) in [6.07, 6.45) is 0. The number of fused-ring (bicyclic) bond motifs is 1. The third-order valence-electron chi connectivity index (χ3n) is 1.64. The minimum Gasteiger partial charge on any atom is -0.273 e. The summed E-state index contributed by atoms with van der Waals surface area (Å²) in [4.78, 5) is 14.8. The van der Waals surface area contributed by atoms with Crippen LogP contribution in [-0.2, 0) is 4.79 Å². The highest BCUT2D eigenvalue weighted by molar-refractivity contribution is 7.71. The summed E-state index contributed by atoms with van der Waals surface area (Å²) >= 11 is 5.87. The molecule has 0 aliphatic heterocycles. The molecular weight excluding hydrogens is 238 g/mol. The number of rotatable bonds is 0. The summed E-state index contributed by atoms with van der Waals surface area (Å²) in [6.45, 7) is 1.45. The largest absolute Gasteiger partial charge is 0.273 e. The molecule has 5 heteroatoms. The molecule has 1 heterocycles. The van der Waals surface area contributed by atoms with Gasteiger partial charge in [0, 0.05) is 22.0 Å². The fourth-order valence-corrected chi connectivity index (χ4v) is 3.62. The number of nitrogens with zero attached hydrogens (tertiary/aromatic N) is 1. The zero-order valence-electron chi connectivity index (χ0n) is 7.28. The smallest absolute Gasteiger partial charge is 0.243 e. The third kappa shape index (κ3) is 1.87. The SMILES string of the molecule is CC(=O)N=c1ssc2ccc(Cl)cc12. The van der Waals surface area contributed by atoms with Gasteiger partial charge in [0.1, 0.15) is 4.67 Å². The Morgan fingerprint density at radius 2 is 2.21 bits per heavy atom. The maximum atomic E-state index is 10.9. The molecule has 0 fully saturated rings. The van der Waals surface area contributed by atoms with E-state index >= 15 is 0 Å². The topological polar surface area (TPSA) is 29.4 Å². The molecule has 0 unspecified atom stereocenters. The number of carbonyl (C=O) groups excluding carboxylic acids is 1. The van der Waals surface area contributed by atoms with Crippen molar-refractivity contribution in [3.8, 4) is 0 Å². The van der Waals surface area contributed by atoms with E-state index in [1.54, 1.807) is 10.3 Å². The first kappa shape index (κ1) is 9.83. The minimum atomic E-state index is -0.180. The van der Waals surface area contributed by atoms with E-state index in [9.17, 15) is 4.79 Å². The number of halogens is 1. The van der Waals surface area contributed by atoms with Gasteiger partial charge in [-0.3, -0.25) is 4.79 Å². The van der Waals surface area contributed by atoms with Gasteiger partial charge in [0.05, 0.1) is 0 Å². The summed E-state index contributed by atoms with van der Waals surface area (Å²) in [5, 5.41) is 1.63. The van der Waals surface area contributed by atoms with Gasteiger partial charge in [-0.2, -0.15) is 0 Å².